The molecular weight excluding hydrogens is 378 g/mol. The molecule has 0 spiro atoms. The molecule has 7 heteroatoms. The Morgan fingerprint density at radius 3 is 2.67 bits per heavy atom. The summed E-state index contributed by atoms with van der Waals surface area (Å²) < 4.78 is 11.2. The van der Waals surface area contributed by atoms with Crippen LogP contribution in [0, 0.1) is 11.8 Å². The monoisotopic (exact) mass is 409 g/mol. The highest BCUT2D eigenvalue weighted by Crippen LogP contribution is 2.31. The molecule has 4 rings (SSSR count). The fourth-order valence-corrected chi connectivity index (χ4v) is 3.94. The molecule has 2 aliphatic rings. The molecule has 0 atom stereocenters. The van der Waals surface area contributed by atoms with E-state index < -0.39 is 0 Å². The van der Waals surface area contributed by atoms with E-state index in [0.717, 1.165) is 73.7 Å². The van der Waals surface area contributed by atoms with Crippen molar-refractivity contribution in [1.82, 2.24) is 14.9 Å². The molecule has 0 aliphatic carbocycles. The molecule has 3 heterocycles. The first kappa shape index (κ1) is 20.7. The summed E-state index contributed by atoms with van der Waals surface area (Å²) in [6.45, 7) is 4.64. The van der Waals surface area contributed by atoms with E-state index in [1.54, 1.807) is 7.11 Å². The van der Waals surface area contributed by atoms with Crippen molar-refractivity contribution in [2.45, 2.75) is 31.7 Å². The minimum absolute atomic E-state index is 0.345. The predicted molar refractivity (Wildman–Crippen MR) is 120 cm³/mol. The fourth-order valence-electron chi connectivity index (χ4n) is 3.94. The van der Waals surface area contributed by atoms with Crippen LogP contribution in [0.2, 0.25) is 0 Å². The minimum Gasteiger partial charge on any atom is -0.495 e. The number of aromatic nitrogens is 2. The first-order valence-electron chi connectivity index (χ1n) is 10.8. The number of rotatable bonds is 5. The third-order valence-corrected chi connectivity index (χ3v) is 5.69. The van der Waals surface area contributed by atoms with Gasteiger partial charge in [-0.1, -0.05) is 11.8 Å². The normalized spacial score (nSPS) is 17.6. The summed E-state index contributed by atoms with van der Waals surface area (Å²) in [6, 6.07) is 4.38. The maximum absolute atomic E-state index is 5.67. The molecule has 7 nitrogen and oxygen atoms in total. The van der Waals surface area contributed by atoms with Crippen LogP contribution in [0.25, 0.3) is 10.9 Å². The van der Waals surface area contributed by atoms with E-state index in [-0.39, 0.29) is 0 Å². The van der Waals surface area contributed by atoms with Gasteiger partial charge in [0.05, 0.1) is 24.7 Å². The Hall–Kier alpha value is -2.56. The first-order chi connectivity index (χ1) is 14.6. The second kappa shape index (κ2) is 9.50. The molecule has 160 valence electrons. The number of ether oxygens (including phenoxy) is 2. The SMILES string of the molecule is COc1cc2c(NC3CCOCC3)nc(N(C)C)nc2cc1C#CCN1CCCC1. The van der Waals surface area contributed by atoms with Gasteiger partial charge in [0, 0.05) is 38.7 Å². The molecule has 0 bridgehead atoms. The van der Waals surface area contributed by atoms with Gasteiger partial charge in [-0.25, -0.2) is 4.98 Å². The van der Waals surface area contributed by atoms with Crippen LogP contribution in [-0.2, 0) is 4.74 Å². The average Bonchev–Trinajstić information content (AvgIpc) is 3.27. The fraction of sp³-hybridized carbons (Fsp3) is 0.565. The van der Waals surface area contributed by atoms with Gasteiger partial charge in [-0.15, -0.1) is 0 Å². The zero-order valence-corrected chi connectivity index (χ0v) is 18.2. The Kier molecular flexibility index (Phi) is 6.56. The Morgan fingerprint density at radius 2 is 1.97 bits per heavy atom. The summed E-state index contributed by atoms with van der Waals surface area (Å²) in [6.07, 6.45) is 4.49. The maximum Gasteiger partial charge on any atom is 0.227 e. The summed E-state index contributed by atoms with van der Waals surface area (Å²) >= 11 is 0. The van der Waals surface area contributed by atoms with Gasteiger partial charge in [-0.3, -0.25) is 4.90 Å². The summed E-state index contributed by atoms with van der Waals surface area (Å²) in [4.78, 5) is 13.9. The third-order valence-electron chi connectivity index (χ3n) is 5.69. The van der Waals surface area contributed by atoms with E-state index in [2.05, 4.69) is 22.1 Å². The van der Waals surface area contributed by atoms with Crippen LogP contribution in [-0.4, -0.2) is 75.0 Å². The van der Waals surface area contributed by atoms with Crippen LogP contribution in [0.1, 0.15) is 31.2 Å². The van der Waals surface area contributed by atoms with Crippen LogP contribution in [0.4, 0.5) is 11.8 Å². The molecule has 2 aliphatic heterocycles. The second-order valence-corrected chi connectivity index (χ2v) is 8.15. The van der Waals surface area contributed by atoms with Crippen molar-refractivity contribution in [3.05, 3.63) is 17.7 Å². The molecule has 0 radical (unpaired) electrons. The smallest absolute Gasteiger partial charge is 0.227 e. The van der Waals surface area contributed by atoms with Gasteiger partial charge < -0.3 is 19.7 Å². The van der Waals surface area contributed by atoms with E-state index in [4.69, 9.17) is 19.4 Å². The van der Waals surface area contributed by atoms with E-state index in [1.165, 1.54) is 12.8 Å². The van der Waals surface area contributed by atoms with Gasteiger partial charge in [0.25, 0.3) is 0 Å². The molecule has 1 N–H and O–H groups in total. The number of benzene rings is 1. The Balaban J connectivity index is 1.69. The van der Waals surface area contributed by atoms with Gasteiger partial charge in [-0.05, 0) is 50.9 Å². The van der Waals surface area contributed by atoms with Crippen LogP contribution in [0.15, 0.2) is 12.1 Å². The quantitative estimate of drug-likeness (QED) is 0.762. The van der Waals surface area contributed by atoms with Crippen molar-refractivity contribution in [1.29, 1.82) is 0 Å². The van der Waals surface area contributed by atoms with Gasteiger partial charge in [0.1, 0.15) is 11.6 Å². The number of nitrogens with zero attached hydrogens (tertiary/aromatic N) is 4. The van der Waals surface area contributed by atoms with Crippen molar-refractivity contribution >= 4 is 22.7 Å². The molecule has 1 aromatic carbocycles. The molecule has 2 fully saturated rings. The molecule has 2 aromatic rings. The van der Waals surface area contributed by atoms with Crippen LogP contribution >= 0.6 is 0 Å². The Bertz CT molecular complexity index is 938. The highest BCUT2D eigenvalue weighted by atomic mass is 16.5. The highest BCUT2D eigenvalue weighted by Gasteiger charge is 2.18. The van der Waals surface area contributed by atoms with Gasteiger partial charge in [-0.2, -0.15) is 4.98 Å². The highest BCUT2D eigenvalue weighted by molar-refractivity contribution is 5.92. The second-order valence-electron chi connectivity index (χ2n) is 8.15. The van der Waals surface area contributed by atoms with Crippen LogP contribution in [0.3, 0.4) is 0 Å². The zero-order chi connectivity index (χ0) is 20.9. The minimum atomic E-state index is 0.345. The number of methoxy groups -OCH3 is 1. The number of hydrogen-bond acceptors (Lipinski definition) is 7. The molecule has 2 saturated heterocycles. The molecule has 30 heavy (non-hydrogen) atoms. The van der Waals surface area contributed by atoms with Crippen molar-refractivity contribution < 1.29 is 9.47 Å². The van der Waals surface area contributed by atoms with Crippen molar-refractivity contribution in [3.8, 4) is 17.6 Å². The average molecular weight is 410 g/mol. The topological polar surface area (TPSA) is 62.8 Å². The first-order valence-corrected chi connectivity index (χ1v) is 10.8. The molecular formula is C23H31N5O2. The zero-order valence-electron chi connectivity index (χ0n) is 18.2. The number of anilines is 2. The molecule has 0 unspecified atom stereocenters. The lowest BCUT2D eigenvalue weighted by atomic mass is 10.1. The number of hydrogen-bond donors (Lipinski definition) is 1. The summed E-state index contributed by atoms with van der Waals surface area (Å²) in [7, 11) is 5.60. The molecule has 1 aromatic heterocycles. The van der Waals surface area contributed by atoms with Gasteiger partial charge >= 0.3 is 0 Å². The summed E-state index contributed by atoms with van der Waals surface area (Å²) in [5.41, 5.74) is 1.74. The van der Waals surface area contributed by atoms with E-state index in [9.17, 15) is 0 Å². The Morgan fingerprint density at radius 1 is 1.20 bits per heavy atom. The van der Waals surface area contributed by atoms with Crippen LogP contribution in [0.5, 0.6) is 5.75 Å². The van der Waals surface area contributed by atoms with E-state index >= 15 is 0 Å². The number of nitrogens with one attached hydrogen (secondary N) is 1. The molecule has 0 saturated carbocycles. The maximum atomic E-state index is 5.67. The predicted octanol–water partition coefficient (Wildman–Crippen LogP) is 2.74. The lowest BCUT2D eigenvalue weighted by molar-refractivity contribution is 0.0904. The lowest BCUT2D eigenvalue weighted by Gasteiger charge is -2.25. The van der Waals surface area contributed by atoms with Crippen LogP contribution < -0.4 is 15.0 Å². The van der Waals surface area contributed by atoms with Crippen molar-refractivity contribution in [2.75, 3.05) is 64.3 Å². The van der Waals surface area contributed by atoms with Crippen molar-refractivity contribution in [2.24, 2.45) is 0 Å². The van der Waals surface area contributed by atoms with E-state index in [0.29, 0.717) is 12.0 Å². The van der Waals surface area contributed by atoms with Crippen molar-refractivity contribution in [3.63, 3.8) is 0 Å². The number of fused-ring (bicyclic) bond motifs is 1. The number of likely N-dealkylation sites (tertiary alicyclic amines) is 1. The largest absolute Gasteiger partial charge is 0.495 e. The molecule has 0 amide bonds. The van der Waals surface area contributed by atoms with E-state index in [1.807, 2.05) is 31.1 Å². The standard InChI is InChI=1S/C23H31N5O2/c1-27(2)23-25-20-15-17(7-6-12-28-10-4-5-11-28)21(29-3)16-19(20)22(26-23)24-18-8-13-30-14-9-18/h15-16,18H,4-5,8-14H2,1-3H3,(H,24,25,26). The lowest BCUT2D eigenvalue weighted by Crippen LogP contribution is -2.28. The third kappa shape index (κ3) is 4.77. The summed E-state index contributed by atoms with van der Waals surface area (Å²) in [5, 5.41) is 4.57. The van der Waals surface area contributed by atoms with Gasteiger partial charge in [0.15, 0.2) is 0 Å². The summed E-state index contributed by atoms with van der Waals surface area (Å²) in [5.74, 6) is 8.89. The Labute approximate surface area is 178 Å². The van der Waals surface area contributed by atoms with Gasteiger partial charge in [0.2, 0.25) is 5.95 Å².